The molecule has 19 heavy (non-hydrogen) atoms. The fraction of sp³-hybridized carbons (Fsp3) is 0.625. The fourth-order valence-electron chi connectivity index (χ4n) is 2.26. The van der Waals surface area contributed by atoms with Crippen molar-refractivity contribution in [1.82, 2.24) is 5.32 Å². The highest BCUT2D eigenvalue weighted by Gasteiger charge is 2.33. The SMILES string of the molecule is CC(C)Oc1ccccc1C(C)NCC1(C)COC1. The van der Waals surface area contributed by atoms with Gasteiger partial charge in [-0.3, -0.25) is 0 Å². The number of para-hydroxylation sites is 1. The van der Waals surface area contributed by atoms with E-state index in [0.29, 0.717) is 5.41 Å². The van der Waals surface area contributed by atoms with E-state index in [1.807, 2.05) is 12.1 Å². The standard InChI is InChI=1S/C16H25NO2/c1-12(2)19-15-8-6-5-7-14(15)13(3)17-9-16(4)10-18-11-16/h5-8,12-13,17H,9-11H2,1-4H3. The van der Waals surface area contributed by atoms with Gasteiger partial charge in [0.25, 0.3) is 0 Å². The minimum Gasteiger partial charge on any atom is -0.491 e. The molecule has 0 radical (unpaired) electrons. The molecule has 1 aliphatic rings. The van der Waals surface area contributed by atoms with E-state index in [9.17, 15) is 0 Å². The first-order valence-electron chi connectivity index (χ1n) is 7.07. The van der Waals surface area contributed by atoms with Crippen LogP contribution < -0.4 is 10.1 Å². The average Bonchev–Trinajstić information content (AvgIpc) is 2.33. The largest absolute Gasteiger partial charge is 0.491 e. The maximum atomic E-state index is 5.87. The van der Waals surface area contributed by atoms with Crippen molar-refractivity contribution >= 4 is 0 Å². The van der Waals surface area contributed by atoms with Crippen molar-refractivity contribution in [2.45, 2.75) is 39.8 Å². The van der Waals surface area contributed by atoms with Gasteiger partial charge in [-0.1, -0.05) is 25.1 Å². The molecular formula is C16H25NO2. The summed E-state index contributed by atoms with van der Waals surface area (Å²) in [6, 6.07) is 8.55. The summed E-state index contributed by atoms with van der Waals surface area (Å²) in [6.07, 6.45) is 0.200. The predicted molar refractivity (Wildman–Crippen MR) is 77.5 cm³/mol. The lowest BCUT2D eigenvalue weighted by atomic mass is 9.88. The summed E-state index contributed by atoms with van der Waals surface area (Å²) in [5.74, 6) is 0.979. The van der Waals surface area contributed by atoms with Crippen LogP contribution in [0.2, 0.25) is 0 Å². The highest BCUT2D eigenvalue weighted by Crippen LogP contribution is 2.29. The molecule has 3 nitrogen and oxygen atoms in total. The number of nitrogens with one attached hydrogen (secondary N) is 1. The van der Waals surface area contributed by atoms with Gasteiger partial charge in [-0.25, -0.2) is 0 Å². The summed E-state index contributed by atoms with van der Waals surface area (Å²) < 4.78 is 11.2. The van der Waals surface area contributed by atoms with Crippen LogP contribution in [0.1, 0.15) is 39.3 Å². The molecule has 1 unspecified atom stereocenters. The predicted octanol–water partition coefficient (Wildman–Crippen LogP) is 3.16. The van der Waals surface area contributed by atoms with Gasteiger partial charge in [-0.05, 0) is 26.8 Å². The third-order valence-corrected chi connectivity index (χ3v) is 3.48. The summed E-state index contributed by atoms with van der Waals surface area (Å²) in [4.78, 5) is 0. The molecule has 1 fully saturated rings. The van der Waals surface area contributed by atoms with Crippen molar-refractivity contribution < 1.29 is 9.47 Å². The molecule has 0 saturated carbocycles. The monoisotopic (exact) mass is 263 g/mol. The lowest BCUT2D eigenvalue weighted by Crippen LogP contribution is -2.47. The summed E-state index contributed by atoms with van der Waals surface area (Å²) in [5.41, 5.74) is 1.52. The number of benzene rings is 1. The average molecular weight is 263 g/mol. The first-order chi connectivity index (χ1) is 9.00. The van der Waals surface area contributed by atoms with E-state index in [2.05, 4.69) is 45.1 Å². The molecule has 0 spiro atoms. The van der Waals surface area contributed by atoms with Gasteiger partial charge >= 0.3 is 0 Å². The van der Waals surface area contributed by atoms with Gasteiger partial charge in [-0.15, -0.1) is 0 Å². The second kappa shape index (κ2) is 5.93. The molecule has 1 heterocycles. The molecule has 0 amide bonds. The summed E-state index contributed by atoms with van der Waals surface area (Å²) in [7, 11) is 0. The Kier molecular flexibility index (Phi) is 4.48. The molecule has 1 aliphatic heterocycles. The van der Waals surface area contributed by atoms with Crippen molar-refractivity contribution in [1.29, 1.82) is 0 Å². The normalized spacial score (nSPS) is 19.0. The van der Waals surface area contributed by atoms with Gasteiger partial charge < -0.3 is 14.8 Å². The van der Waals surface area contributed by atoms with Gasteiger partial charge in [-0.2, -0.15) is 0 Å². The van der Waals surface area contributed by atoms with E-state index < -0.39 is 0 Å². The van der Waals surface area contributed by atoms with Crippen LogP contribution >= 0.6 is 0 Å². The minimum absolute atomic E-state index is 0.200. The molecule has 1 N–H and O–H groups in total. The van der Waals surface area contributed by atoms with Crippen molar-refractivity contribution in [3.05, 3.63) is 29.8 Å². The van der Waals surface area contributed by atoms with Crippen molar-refractivity contribution in [3.8, 4) is 5.75 Å². The molecule has 2 rings (SSSR count). The highest BCUT2D eigenvalue weighted by atomic mass is 16.5. The highest BCUT2D eigenvalue weighted by molar-refractivity contribution is 5.35. The Morgan fingerprint density at radius 1 is 1.26 bits per heavy atom. The lowest BCUT2D eigenvalue weighted by Gasteiger charge is -2.39. The fourth-order valence-corrected chi connectivity index (χ4v) is 2.26. The van der Waals surface area contributed by atoms with E-state index in [0.717, 1.165) is 25.5 Å². The van der Waals surface area contributed by atoms with Gasteiger partial charge in [0, 0.05) is 23.6 Å². The summed E-state index contributed by atoms with van der Waals surface area (Å²) in [6.45, 7) is 11.2. The van der Waals surface area contributed by atoms with E-state index in [-0.39, 0.29) is 12.1 Å². The first kappa shape index (κ1) is 14.4. The molecule has 106 valence electrons. The van der Waals surface area contributed by atoms with Crippen LogP contribution in [-0.4, -0.2) is 25.9 Å². The van der Waals surface area contributed by atoms with Crippen molar-refractivity contribution in [3.63, 3.8) is 0 Å². The summed E-state index contributed by atoms with van der Waals surface area (Å²) in [5, 5.41) is 3.59. The lowest BCUT2D eigenvalue weighted by molar-refractivity contribution is -0.0999. The Morgan fingerprint density at radius 2 is 1.95 bits per heavy atom. The number of hydrogen-bond donors (Lipinski definition) is 1. The van der Waals surface area contributed by atoms with Gasteiger partial charge in [0.15, 0.2) is 0 Å². The minimum atomic E-state index is 0.200. The van der Waals surface area contributed by atoms with Crippen LogP contribution in [0.15, 0.2) is 24.3 Å². The zero-order valence-electron chi connectivity index (χ0n) is 12.4. The molecule has 1 atom stereocenters. The third kappa shape index (κ3) is 3.71. The molecule has 1 aromatic rings. The molecule has 0 aromatic heterocycles. The van der Waals surface area contributed by atoms with Crippen LogP contribution in [0, 0.1) is 5.41 Å². The Morgan fingerprint density at radius 3 is 2.53 bits per heavy atom. The van der Waals surface area contributed by atoms with E-state index in [4.69, 9.17) is 9.47 Å². The molecule has 0 aliphatic carbocycles. The third-order valence-electron chi connectivity index (χ3n) is 3.48. The second-order valence-electron chi connectivity index (χ2n) is 6.11. The van der Waals surface area contributed by atoms with Crippen molar-refractivity contribution in [2.24, 2.45) is 5.41 Å². The molecular weight excluding hydrogens is 238 g/mol. The summed E-state index contributed by atoms with van der Waals surface area (Å²) >= 11 is 0. The van der Waals surface area contributed by atoms with Crippen LogP contribution in [0.4, 0.5) is 0 Å². The van der Waals surface area contributed by atoms with E-state index >= 15 is 0 Å². The van der Waals surface area contributed by atoms with Gasteiger partial charge in [0.05, 0.1) is 19.3 Å². The topological polar surface area (TPSA) is 30.5 Å². The van der Waals surface area contributed by atoms with E-state index in [1.54, 1.807) is 0 Å². The van der Waals surface area contributed by atoms with Crippen molar-refractivity contribution in [2.75, 3.05) is 19.8 Å². The van der Waals surface area contributed by atoms with E-state index in [1.165, 1.54) is 5.56 Å². The van der Waals surface area contributed by atoms with Crippen LogP contribution in [0.5, 0.6) is 5.75 Å². The number of rotatable bonds is 6. The quantitative estimate of drug-likeness (QED) is 0.855. The Balaban J connectivity index is 1.99. The smallest absolute Gasteiger partial charge is 0.124 e. The maximum Gasteiger partial charge on any atom is 0.124 e. The first-order valence-corrected chi connectivity index (χ1v) is 7.07. The van der Waals surface area contributed by atoms with Crippen LogP contribution in [0.3, 0.4) is 0 Å². The Bertz CT molecular complexity index is 413. The number of ether oxygens (including phenoxy) is 2. The number of hydrogen-bond acceptors (Lipinski definition) is 3. The van der Waals surface area contributed by atoms with Crippen LogP contribution in [0.25, 0.3) is 0 Å². The van der Waals surface area contributed by atoms with Gasteiger partial charge in [0.2, 0.25) is 0 Å². The molecule has 1 saturated heterocycles. The molecule has 1 aromatic carbocycles. The van der Waals surface area contributed by atoms with Crippen LogP contribution in [-0.2, 0) is 4.74 Å². The Hall–Kier alpha value is -1.06. The molecule has 3 heteroatoms. The Labute approximate surface area is 116 Å². The van der Waals surface area contributed by atoms with Gasteiger partial charge in [0.1, 0.15) is 5.75 Å². The zero-order chi connectivity index (χ0) is 13.9. The second-order valence-corrected chi connectivity index (χ2v) is 6.11. The maximum absolute atomic E-state index is 5.87. The zero-order valence-corrected chi connectivity index (χ0v) is 12.4. The molecule has 0 bridgehead atoms.